The van der Waals surface area contributed by atoms with E-state index in [9.17, 15) is 9.59 Å². The van der Waals surface area contributed by atoms with Crippen LogP contribution in [0.3, 0.4) is 0 Å². The van der Waals surface area contributed by atoms with E-state index >= 15 is 0 Å². The number of nitrogens with one attached hydrogen (secondary N) is 1. The number of esters is 1. The van der Waals surface area contributed by atoms with Crippen LogP contribution >= 0.6 is 0 Å². The third-order valence-electron chi connectivity index (χ3n) is 5.67. The van der Waals surface area contributed by atoms with Gasteiger partial charge in [0, 0.05) is 43.5 Å². The van der Waals surface area contributed by atoms with Gasteiger partial charge in [-0.15, -0.1) is 0 Å². The molecule has 0 bridgehead atoms. The summed E-state index contributed by atoms with van der Waals surface area (Å²) in [6, 6.07) is 4.34. The van der Waals surface area contributed by atoms with Crippen molar-refractivity contribution in [3.8, 4) is 0 Å². The van der Waals surface area contributed by atoms with Crippen LogP contribution in [0.25, 0.3) is 0 Å². The number of carbonyl (C=O) groups is 2. The molecular formula is C23H30N4O4. The van der Waals surface area contributed by atoms with Crippen LogP contribution in [0, 0.1) is 6.92 Å². The number of fused-ring (bicyclic) bond motifs is 1. The standard InChI is InChI=1S/C23H30N4O4/c1-14-8-26(9-16-10-27(13-24-16)22(29)31-23(3,4)5)11-20(25-14)17-6-7-18-19(15(17)2)12-30-21(18)28/h6-7,10,13-14,20,25H,8-9,11-12H2,1-5H3/t14-,20?/m0/s1. The van der Waals surface area contributed by atoms with Gasteiger partial charge in [-0.25, -0.2) is 19.1 Å². The summed E-state index contributed by atoms with van der Waals surface area (Å²) in [5.74, 6) is -0.239. The molecule has 0 spiro atoms. The van der Waals surface area contributed by atoms with Gasteiger partial charge in [-0.3, -0.25) is 4.90 Å². The molecule has 1 unspecified atom stereocenters. The van der Waals surface area contributed by atoms with Gasteiger partial charge in [-0.05, 0) is 51.8 Å². The van der Waals surface area contributed by atoms with Gasteiger partial charge in [0.05, 0.1) is 11.3 Å². The monoisotopic (exact) mass is 426 g/mol. The molecule has 1 N–H and O–H groups in total. The molecular weight excluding hydrogens is 396 g/mol. The van der Waals surface area contributed by atoms with Crippen molar-refractivity contribution in [2.24, 2.45) is 0 Å². The molecule has 0 aliphatic carbocycles. The fourth-order valence-electron chi connectivity index (χ4n) is 4.32. The van der Waals surface area contributed by atoms with E-state index in [0.717, 1.165) is 29.9 Å². The number of piperazine rings is 1. The van der Waals surface area contributed by atoms with Crippen LogP contribution in [-0.4, -0.2) is 51.2 Å². The maximum absolute atomic E-state index is 12.3. The van der Waals surface area contributed by atoms with Crippen molar-refractivity contribution in [3.63, 3.8) is 0 Å². The van der Waals surface area contributed by atoms with Crippen molar-refractivity contribution >= 4 is 12.1 Å². The number of rotatable bonds is 3. The van der Waals surface area contributed by atoms with Crippen molar-refractivity contribution < 1.29 is 19.1 Å². The summed E-state index contributed by atoms with van der Waals surface area (Å²) in [7, 11) is 0. The maximum Gasteiger partial charge on any atom is 0.419 e. The average Bonchev–Trinajstić information content (AvgIpc) is 3.28. The molecule has 1 saturated heterocycles. The lowest BCUT2D eigenvalue weighted by molar-refractivity contribution is 0.0525. The summed E-state index contributed by atoms with van der Waals surface area (Å²) in [6.07, 6.45) is 2.82. The zero-order valence-corrected chi connectivity index (χ0v) is 18.8. The van der Waals surface area contributed by atoms with E-state index < -0.39 is 11.7 Å². The van der Waals surface area contributed by atoms with Crippen molar-refractivity contribution in [1.29, 1.82) is 0 Å². The first-order valence-corrected chi connectivity index (χ1v) is 10.6. The molecule has 1 aromatic carbocycles. The third kappa shape index (κ3) is 4.65. The minimum Gasteiger partial charge on any atom is -0.457 e. The Morgan fingerprint density at radius 2 is 2.10 bits per heavy atom. The van der Waals surface area contributed by atoms with Crippen LogP contribution in [0.2, 0.25) is 0 Å². The molecule has 4 rings (SSSR count). The van der Waals surface area contributed by atoms with Gasteiger partial charge in [0.25, 0.3) is 0 Å². The Morgan fingerprint density at radius 3 is 2.84 bits per heavy atom. The zero-order chi connectivity index (χ0) is 22.3. The van der Waals surface area contributed by atoms with E-state index in [1.54, 1.807) is 6.20 Å². The molecule has 8 nitrogen and oxygen atoms in total. The number of benzene rings is 1. The Hall–Kier alpha value is -2.71. The molecule has 8 heteroatoms. The largest absolute Gasteiger partial charge is 0.457 e. The average molecular weight is 427 g/mol. The Balaban J connectivity index is 1.47. The van der Waals surface area contributed by atoms with E-state index in [1.165, 1.54) is 16.5 Å². The van der Waals surface area contributed by atoms with Gasteiger partial charge < -0.3 is 14.8 Å². The first kappa shape index (κ1) is 21.5. The molecule has 2 aliphatic rings. The molecule has 2 atom stereocenters. The molecule has 166 valence electrons. The summed E-state index contributed by atoms with van der Waals surface area (Å²) >= 11 is 0. The molecule has 0 saturated carbocycles. The Bertz CT molecular complexity index is 1010. The summed E-state index contributed by atoms with van der Waals surface area (Å²) < 4.78 is 12.0. The lowest BCUT2D eigenvalue weighted by atomic mass is 9.92. The second-order valence-corrected chi connectivity index (χ2v) is 9.45. The highest BCUT2D eigenvalue weighted by atomic mass is 16.6. The van der Waals surface area contributed by atoms with Crippen molar-refractivity contribution in [2.75, 3.05) is 13.1 Å². The van der Waals surface area contributed by atoms with E-state index in [1.807, 2.05) is 32.9 Å². The number of nitrogens with zero attached hydrogens (tertiary/aromatic N) is 3. The summed E-state index contributed by atoms with van der Waals surface area (Å²) in [5, 5.41) is 3.67. The predicted octanol–water partition coefficient (Wildman–Crippen LogP) is 3.18. The van der Waals surface area contributed by atoms with Crippen LogP contribution < -0.4 is 5.32 Å². The summed E-state index contributed by atoms with van der Waals surface area (Å²) in [5.41, 5.74) is 4.24. The predicted molar refractivity (Wildman–Crippen MR) is 115 cm³/mol. The molecule has 3 heterocycles. The molecule has 1 fully saturated rings. The SMILES string of the molecule is Cc1c(C2CN(Cc3cn(C(=O)OC(C)(C)C)cn3)C[C@H](C)N2)ccc2c1COC2=O. The molecule has 1 aromatic heterocycles. The van der Waals surface area contributed by atoms with E-state index in [-0.39, 0.29) is 18.1 Å². The minimum atomic E-state index is -0.550. The second-order valence-electron chi connectivity index (χ2n) is 9.45. The fraction of sp³-hybridized carbons (Fsp3) is 0.522. The molecule has 31 heavy (non-hydrogen) atoms. The molecule has 2 aliphatic heterocycles. The molecule has 0 radical (unpaired) electrons. The first-order valence-electron chi connectivity index (χ1n) is 10.6. The van der Waals surface area contributed by atoms with Crippen molar-refractivity contribution in [3.05, 3.63) is 52.6 Å². The highest BCUT2D eigenvalue weighted by Crippen LogP contribution is 2.31. The number of cyclic esters (lactones) is 1. The number of hydrogen-bond acceptors (Lipinski definition) is 7. The normalized spacial score (nSPS) is 21.6. The fourth-order valence-corrected chi connectivity index (χ4v) is 4.32. The van der Waals surface area contributed by atoms with Gasteiger partial charge in [-0.1, -0.05) is 6.07 Å². The highest BCUT2D eigenvalue weighted by molar-refractivity contribution is 5.94. The van der Waals surface area contributed by atoms with Gasteiger partial charge in [-0.2, -0.15) is 0 Å². The van der Waals surface area contributed by atoms with E-state index in [4.69, 9.17) is 9.47 Å². The van der Waals surface area contributed by atoms with Gasteiger partial charge in [0.1, 0.15) is 18.5 Å². The van der Waals surface area contributed by atoms with Crippen LogP contribution in [0.4, 0.5) is 4.79 Å². The first-order chi connectivity index (χ1) is 14.6. The Morgan fingerprint density at radius 1 is 1.32 bits per heavy atom. The van der Waals surface area contributed by atoms with Crippen LogP contribution in [0.1, 0.15) is 66.5 Å². The summed E-state index contributed by atoms with van der Waals surface area (Å²) in [6.45, 7) is 12.4. The molecule has 0 amide bonds. The van der Waals surface area contributed by atoms with Crippen LogP contribution in [0.5, 0.6) is 0 Å². The maximum atomic E-state index is 12.3. The number of carbonyl (C=O) groups excluding carboxylic acids is 2. The number of ether oxygens (including phenoxy) is 2. The third-order valence-corrected chi connectivity index (χ3v) is 5.67. The highest BCUT2D eigenvalue weighted by Gasteiger charge is 2.30. The van der Waals surface area contributed by atoms with Crippen molar-refractivity contribution in [2.45, 2.75) is 65.5 Å². The van der Waals surface area contributed by atoms with E-state index in [2.05, 4.69) is 29.0 Å². The van der Waals surface area contributed by atoms with Crippen LogP contribution in [-0.2, 0) is 22.6 Å². The van der Waals surface area contributed by atoms with Crippen molar-refractivity contribution in [1.82, 2.24) is 19.8 Å². The number of imidazole rings is 1. The topological polar surface area (TPSA) is 85.7 Å². The number of aromatic nitrogens is 2. The van der Waals surface area contributed by atoms with E-state index in [0.29, 0.717) is 18.7 Å². The quantitative estimate of drug-likeness (QED) is 0.755. The van der Waals surface area contributed by atoms with Gasteiger partial charge in [0.2, 0.25) is 0 Å². The lowest BCUT2D eigenvalue weighted by Crippen LogP contribution is -2.50. The van der Waals surface area contributed by atoms with Crippen LogP contribution in [0.15, 0.2) is 24.7 Å². The lowest BCUT2D eigenvalue weighted by Gasteiger charge is -2.38. The Kier molecular flexibility index (Phi) is 5.61. The smallest absolute Gasteiger partial charge is 0.419 e. The zero-order valence-electron chi connectivity index (χ0n) is 18.8. The second kappa shape index (κ2) is 8.09. The van der Waals surface area contributed by atoms with Gasteiger partial charge in [0.15, 0.2) is 0 Å². The van der Waals surface area contributed by atoms with Gasteiger partial charge >= 0.3 is 12.1 Å². The molecule has 2 aromatic rings. The Labute approximate surface area is 182 Å². The summed E-state index contributed by atoms with van der Waals surface area (Å²) in [4.78, 5) is 30.8. The number of hydrogen-bond donors (Lipinski definition) is 1. The minimum absolute atomic E-state index is 0.137.